The third kappa shape index (κ3) is 3.33. The van der Waals surface area contributed by atoms with Crippen molar-refractivity contribution in [1.29, 1.82) is 0 Å². The summed E-state index contributed by atoms with van der Waals surface area (Å²) in [4.78, 5) is 37.9. The van der Waals surface area contributed by atoms with Crippen molar-refractivity contribution in [2.75, 3.05) is 0 Å². The number of amides is 3. The minimum Gasteiger partial charge on any atom is -0.297 e. The number of urea groups is 1. The van der Waals surface area contributed by atoms with E-state index in [9.17, 15) is 31.2 Å². The fourth-order valence-corrected chi connectivity index (χ4v) is 6.22. The van der Waals surface area contributed by atoms with Crippen LogP contribution in [0.4, 0.5) is 4.79 Å². The molecule has 31 heavy (non-hydrogen) atoms. The van der Waals surface area contributed by atoms with Crippen LogP contribution in [0.5, 0.6) is 0 Å². The maximum absolute atomic E-state index is 13.3. The molecule has 9 nitrogen and oxygen atoms in total. The Morgan fingerprint density at radius 3 is 1.55 bits per heavy atom. The Morgan fingerprint density at radius 2 is 1.16 bits per heavy atom. The second kappa shape index (κ2) is 7.27. The molecule has 11 heteroatoms. The molecule has 1 saturated heterocycles. The van der Waals surface area contributed by atoms with Crippen molar-refractivity contribution < 1.29 is 31.2 Å². The Hall–Kier alpha value is -3.05. The number of aryl methyl sites for hydroxylation is 2. The van der Waals surface area contributed by atoms with Crippen LogP contribution in [0.25, 0.3) is 0 Å². The summed E-state index contributed by atoms with van der Waals surface area (Å²) in [5.41, 5.74) is -1.09. The Balaban J connectivity index is 2.22. The number of sulfonamides is 2. The van der Waals surface area contributed by atoms with Crippen LogP contribution in [0.1, 0.15) is 25.0 Å². The van der Waals surface area contributed by atoms with Crippen LogP contribution in [0.3, 0.4) is 0 Å². The van der Waals surface area contributed by atoms with Crippen molar-refractivity contribution in [2.45, 2.75) is 43.0 Å². The number of hydrogen-bond acceptors (Lipinski definition) is 7. The monoisotopic (exact) mass is 464 g/mol. The van der Waals surface area contributed by atoms with E-state index < -0.39 is 43.3 Å². The van der Waals surface area contributed by atoms with Crippen molar-refractivity contribution >= 4 is 37.8 Å². The summed E-state index contributed by atoms with van der Waals surface area (Å²) in [6.45, 7) is 5.28. The lowest BCUT2D eigenvalue weighted by molar-refractivity contribution is -0.136. The maximum atomic E-state index is 13.3. The Bertz CT molecular complexity index is 1300. The number of carbonyl (C=O) groups is 3. The van der Waals surface area contributed by atoms with E-state index in [1.165, 1.54) is 48.5 Å². The molecule has 0 saturated carbocycles. The quantitative estimate of drug-likeness (QED) is 0.489. The number of carbonyl (C=O) groups excluding carboxylic acids is 3. The average molecular weight is 465 g/mol. The van der Waals surface area contributed by atoms with Gasteiger partial charge in [0.25, 0.3) is 26.0 Å². The molecule has 0 radical (unpaired) electrons. The van der Waals surface area contributed by atoms with Crippen molar-refractivity contribution in [1.82, 2.24) is 8.61 Å². The van der Waals surface area contributed by atoms with E-state index >= 15 is 0 Å². The highest BCUT2D eigenvalue weighted by Gasteiger charge is 2.65. The highest BCUT2D eigenvalue weighted by molar-refractivity contribution is 7.91. The van der Waals surface area contributed by atoms with Gasteiger partial charge < -0.3 is 0 Å². The van der Waals surface area contributed by atoms with E-state index in [1.54, 1.807) is 13.8 Å². The first-order chi connectivity index (χ1) is 14.3. The third-order valence-corrected chi connectivity index (χ3v) is 8.70. The fraction of sp³-hybridized carbons (Fsp3) is 0.250. The molecule has 0 aliphatic carbocycles. The van der Waals surface area contributed by atoms with Gasteiger partial charge in [0.1, 0.15) is 0 Å². The molecule has 1 aliphatic rings. The van der Waals surface area contributed by atoms with E-state index in [-0.39, 0.29) is 18.4 Å². The van der Waals surface area contributed by atoms with Gasteiger partial charge >= 0.3 is 6.03 Å². The largest absolute Gasteiger partial charge is 0.356 e. The first-order valence-corrected chi connectivity index (χ1v) is 12.0. The average Bonchev–Trinajstić information content (AvgIpc) is 2.90. The van der Waals surface area contributed by atoms with Gasteiger partial charge in [-0.15, -0.1) is 4.31 Å². The lowest BCUT2D eigenvalue weighted by Crippen LogP contribution is -2.54. The molecule has 3 amide bonds. The highest BCUT2D eigenvalue weighted by atomic mass is 32.2. The molecule has 0 spiro atoms. The summed E-state index contributed by atoms with van der Waals surface area (Å²) in [6, 6.07) is 9.03. The molecule has 0 aromatic heterocycles. The van der Waals surface area contributed by atoms with Gasteiger partial charge in [0.05, 0.1) is 9.79 Å². The molecule has 1 atom stereocenters. The van der Waals surface area contributed by atoms with Crippen molar-refractivity contribution in [3.63, 3.8) is 0 Å². The number of Topliss-reactive ketones (excluding diaryl/α,β-unsaturated/α-hetero) is 1. The molecule has 1 unspecified atom stereocenters. The summed E-state index contributed by atoms with van der Waals surface area (Å²) in [5, 5.41) is 0. The Kier molecular flexibility index (Phi) is 5.31. The third-order valence-electron chi connectivity index (χ3n) is 5.16. The second-order valence-corrected chi connectivity index (χ2v) is 11.0. The smallest absolute Gasteiger partial charge is 0.297 e. The lowest BCUT2D eigenvalue weighted by atomic mass is 9.98. The molecule has 1 aliphatic heterocycles. The van der Waals surface area contributed by atoms with Gasteiger partial charge in [-0.3, -0.25) is 9.59 Å². The molecule has 1 heterocycles. The molecule has 0 N–H and O–H groups in total. The van der Waals surface area contributed by atoms with E-state index in [4.69, 9.17) is 0 Å². The summed E-state index contributed by atoms with van der Waals surface area (Å²) in [7, 11) is -9.50. The van der Waals surface area contributed by atoms with Crippen LogP contribution < -0.4 is 0 Å². The zero-order valence-electron chi connectivity index (χ0n) is 17.2. The molecular weight excluding hydrogens is 444 g/mol. The van der Waals surface area contributed by atoms with Crippen molar-refractivity contribution in [2.24, 2.45) is 0 Å². The van der Waals surface area contributed by atoms with Gasteiger partial charge in [-0.25, -0.2) is 21.6 Å². The molecule has 0 bridgehead atoms. The van der Waals surface area contributed by atoms with E-state index in [0.717, 1.165) is 25.0 Å². The molecule has 3 rings (SSSR count). The SMILES string of the molecule is CC(=O)C1(C)C(=O)N(S(=O)(=O)c2ccc(C)cc2)C(=O)N1S(=O)(=O)c1ccc(C)cc1. The van der Waals surface area contributed by atoms with E-state index in [2.05, 4.69) is 0 Å². The van der Waals surface area contributed by atoms with E-state index in [1.807, 2.05) is 0 Å². The summed E-state index contributed by atoms with van der Waals surface area (Å²) in [5.74, 6) is -2.45. The molecule has 2 aromatic carbocycles. The van der Waals surface area contributed by atoms with E-state index in [0.29, 0.717) is 0 Å². The number of benzene rings is 2. The van der Waals surface area contributed by atoms with Gasteiger partial charge in [0, 0.05) is 0 Å². The summed E-state index contributed by atoms with van der Waals surface area (Å²) < 4.78 is 52.6. The van der Waals surface area contributed by atoms with Crippen LogP contribution in [0.2, 0.25) is 0 Å². The predicted octanol–water partition coefficient (Wildman–Crippen LogP) is 1.99. The lowest BCUT2D eigenvalue weighted by Gasteiger charge is -2.28. The van der Waals surface area contributed by atoms with Crippen LogP contribution in [0.15, 0.2) is 58.3 Å². The number of ketones is 1. The van der Waals surface area contributed by atoms with Gasteiger partial charge in [0.15, 0.2) is 11.3 Å². The number of imide groups is 1. The van der Waals surface area contributed by atoms with Crippen LogP contribution in [-0.2, 0) is 29.6 Å². The highest BCUT2D eigenvalue weighted by Crippen LogP contribution is 2.37. The van der Waals surface area contributed by atoms with Gasteiger partial charge in [-0.2, -0.15) is 4.31 Å². The van der Waals surface area contributed by atoms with Crippen LogP contribution in [0, 0.1) is 13.8 Å². The molecule has 1 fully saturated rings. The number of rotatable bonds is 5. The predicted molar refractivity (Wildman–Crippen MR) is 110 cm³/mol. The zero-order chi connectivity index (χ0) is 23.4. The normalized spacial score (nSPS) is 19.7. The molecule has 2 aromatic rings. The second-order valence-electron chi connectivity index (χ2n) is 7.38. The zero-order valence-corrected chi connectivity index (χ0v) is 18.8. The van der Waals surface area contributed by atoms with Crippen molar-refractivity contribution in [3.8, 4) is 0 Å². The summed E-state index contributed by atoms with van der Waals surface area (Å²) >= 11 is 0. The minimum absolute atomic E-state index is 0.0566. The number of nitrogens with zero attached hydrogens (tertiary/aromatic N) is 2. The van der Waals surface area contributed by atoms with Crippen LogP contribution in [-0.4, -0.2) is 48.7 Å². The number of hydrogen-bond donors (Lipinski definition) is 0. The van der Waals surface area contributed by atoms with Crippen molar-refractivity contribution in [3.05, 3.63) is 59.7 Å². The molecular formula is C20H20N2O7S2. The Morgan fingerprint density at radius 1 is 0.774 bits per heavy atom. The van der Waals surface area contributed by atoms with Gasteiger partial charge in [-0.1, -0.05) is 35.4 Å². The minimum atomic E-state index is -4.76. The Labute approximate surface area is 180 Å². The summed E-state index contributed by atoms with van der Waals surface area (Å²) in [6.07, 6.45) is 0. The van der Waals surface area contributed by atoms with Gasteiger partial charge in [-0.05, 0) is 52.0 Å². The van der Waals surface area contributed by atoms with Gasteiger partial charge in [0.2, 0.25) is 0 Å². The topological polar surface area (TPSA) is 126 Å². The maximum Gasteiger partial charge on any atom is 0.356 e. The molecule has 164 valence electrons. The fourth-order valence-electron chi connectivity index (χ4n) is 3.13. The first-order valence-electron chi connectivity index (χ1n) is 9.09. The van der Waals surface area contributed by atoms with Crippen LogP contribution >= 0.6 is 0 Å². The first kappa shape index (κ1) is 22.6. The standard InChI is InChI=1S/C20H20N2O7S2/c1-13-5-9-16(10-6-13)30(26,27)21-18(24)20(4,15(3)23)22(19(21)25)31(28,29)17-11-7-14(2)8-12-17/h5-12H,1-4H3.